The zero-order valence-electron chi connectivity index (χ0n) is 44.0. The van der Waals surface area contributed by atoms with Gasteiger partial charge in [0, 0.05) is 21.7 Å². The number of hydrogen-bond acceptors (Lipinski definition) is 3. The van der Waals surface area contributed by atoms with Gasteiger partial charge in [0.2, 0.25) is 0 Å². The van der Waals surface area contributed by atoms with Gasteiger partial charge in [0.1, 0.15) is 16.2 Å². The quantitative estimate of drug-likeness (QED) is 0.0638. The molecule has 1 aliphatic carbocycles. The number of aliphatic carboxylic acids is 3. The molecule has 0 amide bonds. The third kappa shape index (κ3) is 12.2. The molecule has 0 aliphatic heterocycles. The first-order chi connectivity index (χ1) is 36.7. The fourth-order valence-electron chi connectivity index (χ4n) is 10.2. The molecule has 77 heavy (non-hydrogen) atoms. The number of carboxylic acids is 3. The van der Waals surface area contributed by atoms with Crippen molar-refractivity contribution in [3.63, 3.8) is 0 Å². The third-order valence-corrected chi connectivity index (χ3v) is 14.4. The summed E-state index contributed by atoms with van der Waals surface area (Å²) in [6, 6.07) is 84.4. The van der Waals surface area contributed by atoms with E-state index < -0.39 is 34.2 Å². The van der Waals surface area contributed by atoms with E-state index in [4.69, 9.17) is 0 Å². The second-order valence-corrected chi connectivity index (χ2v) is 19.1. The van der Waals surface area contributed by atoms with Crippen LogP contribution in [0.5, 0.6) is 0 Å². The Bertz CT molecular complexity index is 2730. The summed E-state index contributed by atoms with van der Waals surface area (Å²) in [4.78, 5) is 37.3. The molecule has 0 aromatic heterocycles. The number of carbonyl (C=O) groups is 3. The van der Waals surface area contributed by atoms with E-state index in [0.29, 0.717) is 0 Å². The van der Waals surface area contributed by atoms with Gasteiger partial charge in [-0.3, -0.25) is 20.5 Å². The molecule has 0 spiro atoms. The molecule has 0 unspecified atom stereocenters. The smallest absolute Gasteiger partial charge is 0.323 e. The van der Waals surface area contributed by atoms with Gasteiger partial charge in [-0.05, 0) is 50.1 Å². The van der Waals surface area contributed by atoms with Crippen LogP contribution in [0.15, 0.2) is 290 Å². The van der Waals surface area contributed by atoms with Crippen LogP contribution in [0.3, 0.4) is 0 Å². The van der Waals surface area contributed by atoms with Gasteiger partial charge in [-0.15, -0.1) is 6.92 Å². The summed E-state index contributed by atoms with van der Waals surface area (Å²) in [5.41, 5.74) is 7.53. The maximum atomic E-state index is 12.4. The average Bonchev–Trinajstić information content (AvgIpc) is 3.69. The summed E-state index contributed by atoms with van der Waals surface area (Å²) in [6.45, 7) is 10.9. The van der Waals surface area contributed by atoms with E-state index in [9.17, 15) is 29.7 Å². The first kappa shape index (κ1) is 57.9. The molecular weight excluding hydrogens is 985 g/mol. The summed E-state index contributed by atoms with van der Waals surface area (Å²) in [5.74, 6) is -2.64. The molecule has 0 fully saturated rings. The summed E-state index contributed by atoms with van der Waals surface area (Å²) in [6.07, 6.45) is 3.44. The van der Waals surface area contributed by atoms with Crippen LogP contribution in [0.25, 0.3) is 0 Å². The van der Waals surface area contributed by atoms with E-state index in [-0.39, 0.29) is 27.1 Å². The standard InChI is InChI=1S/3C20H16O2.C10H15.Ti/c3*21-19(22)20(16-10-4-1-5-11-16,17-12-6-2-7-13-17)18-14-8-3-9-15-18;1-7-6-10(4,5)9(3)8(7)2;/h3*1-15H,(H,21,22);1-5H3;/q;;;-1;. The minimum atomic E-state index is -1.20. The van der Waals surface area contributed by atoms with E-state index >= 15 is 0 Å². The van der Waals surface area contributed by atoms with Gasteiger partial charge in [0.15, 0.2) is 0 Å². The van der Waals surface area contributed by atoms with Crippen molar-refractivity contribution in [2.75, 3.05) is 0 Å². The Labute approximate surface area is 468 Å². The van der Waals surface area contributed by atoms with Crippen molar-refractivity contribution in [2.24, 2.45) is 5.41 Å². The molecule has 384 valence electrons. The molecule has 1 aliphatic rings. The SMILES string of the molecule is CC1=[C-]C(C)(C)C(C)=C1C.O=C(O)C(c1ccccc1)(c1ccccc1)c1ccccc1.O=C(O)C(c1ccccc1)(c1ccccc1)c1ccccc1.O=C(O)C(c1ccccc1)(c1ccccc1)c1ccccc1.[Ti]. The fraction of sp³-hybridized carbons (Fsp3) is 0.129. The number of allylic oxidation sites excluding steroid dienone is 4. The Kier molecular flexibility index (Phi) is 19.8. The first-order valence-corrected chi connectivity index (χ1v) is 25.2. The van der Waals surface area contributed by atoms with Crippen LogP contribution in [0.2, 0.25) is 0 Å². The molecule has 7 heteroatoms. The topological polar surface area (TPSA) is 112 Å². The normalized spacial score (nSPS) is 12.6. The van der Waals surface area contributed by atoms with Gasteiger partial charge in [0.25, 0.3) is 0 Å². The Balaban J connectivity index is 0.000000171. The number of carboxylic acid groups (broad SMARTS) is 3. The van der Waals surface area contributed by atoms with E-state index in [1.165, 1.54) is 16.7 Å². The largest absolute Gasteiger partial charge is 0.480 e. The molecule has 6 nitrogen and oxygen atoms in total. The van der Waals surface area contributed by atoms with Gasteiger partial charge < -0.3 is 15.3 Å². The molecule has 0 saturated carbocycles. The van der Waals surface area contributed by atoms with Crippen LogP contribution in [0.1, 0.15) is 84.7 Å². The van der Waals surface area contributed by atoms with E-state index in [2.05, 4.69) is 40.7 Å². The van der Waals surface area contributed by atoms with Crippen LogP contribution in [0.4, 0.5) is 0 Å². The van der Waals surface area contributed by atoms with Crippen LogP contribution in [0, 0.1) is 11.5 Å². The van der Waals surface area contributed by atoms with Crippen LogP contribution >= 0.6 is 0 Å². The van der Waals surface area contributed by atoms with Gasteiger partial charge in [-0.1, -0.05) is 306 Å². The minimum Gasteiger partial charge on any atom is -0.480 e. The molecule has 0 atom stereocenters. The van der Waals surface area contributed by atoms with Crippen molar-refractivity contribution in [3.8, 4) is 0 Å². The van der Waals surface area contributed by atoms with E-state index in [0.717, 1.165) is 50.1 Å². The number of rotatable bonds is 12. The predicted molar refractivity (Wildman–Crippen MR) is 305 cm³/mol. The van der Waals surface area contributed by atoms with E-state index in [1.807, 2.05) is 273 Å². The fourth-order valence-corrected chi connectivity index (χ4v) is 10.2. The Hall–Kier alpha value is -8.42. The summed E-state index contributed by atoms with van der Waals surface area (Å²) in [7, 11) is 0. The minimum absolute atomic E-state index is 0. The Morgan fingerprint density at radius 2 is 0.455 bits per heavy atom. The van der Waals surface area contributed by atoms with Crippen molar-refractivity contribution < 1.29 is 51.4 Å². The van der Waals surface area contributed by atoms with Gasteiger partial charge in [-0.25, -0.2) is 5.57 Å². The third-order valence-electron chi connectivity index (χ3n) is 14.4. The average molecular weight is 1050 g/mol. The zero-order chi connectivity index (χ0) is 54.2. The molecule has 0 saturated heterocycles. The Morgan fingerprint density at radius 1 is 0.312 bits per heavy atom. The maximum Gasteiger partial charge on any atom is 0.323 e. The zero-order valence-corrected chi connectivity index (χ0v) is 45.6. The predicted octanol–water partition coefficient (Wildman–Crippen LogP) is 15.4. The van der Waals surface area contributed by atoms with Gasteiger partial charge in [0.05, 0.1) is 0 Å². The molecule has 9 aromatic carbocycles. The molecule has 9 aromatic rings. The van der Waals surface area contributed by atoms with Crippen molar-refractivity contribution >= 4 is 17.9 Å². The second-order valence-electron chi connectivity index (χ2n) is 19.1. The van der Waals surface area contributed by atoms with Crippen molar-refractivity contribution in [3.05, 3.63) is 346 Å². The summed E-state index contributed by atoms with van der Waals surface area (Å²) < 4.78 is 0. The van der Waals surface area contributed by atoms with Crippen molar-refractivity contribution in [1.29, 1.82) is 0 Å². The first-order valence-electron chi connectivity index (χ1n) is 25.2. The number of benzene rings is 9. The van der Waals surface area contributed by atoms with Gasteiger partial charge in [-0.2, -0.15) is 11.1 Å². The van der Waals surface area contributed by atoms with Crippen LogP contribution in [-0.4, -0.2) is 33.2 Å². The maximum absolute atomic E-state index is 12.4. The monoisotopic (exact) mass is 1050 g/mol. The molecule has 0 bridgehead atoms. The van der Waals surface area contributed by atoms with Crippen molar-refractivity contribution in [1.82, 2.24) is 0 Å². The molecular formula is C70H63O6Ti-. The summed E-state index contributed by atoms with van der Waals surface area (Å²) >= 11 is 0. The van der Waals surface area contributed by atoms with Crippen molar-refractivity contribution in [2.45, 2.75) is 50.9 Å². The second kappa shape index (κ2) is 26.4. The Morgan fingerprint density at radius 3 is 0.532 bits per heavy atom. The molecule has 0 radical (unpaired) electrons. The summed E-state index contributed by atoms with van der Waals surface area (Å²) in [5, 5.41) is 30.6. The van der Waals surface area contributed by atoms with E-state index in [1.54, 1.807) is 0 Å². The number of hydrogen-bond donors (Lipinski definition) is 3. The molecule has 0 heterocycles. The molecule has 10 rings (SSSR count). The van der Waals surface area contributed by atoms with Crippen LogP contribution < -0.4 is 0 Å². The van der Waals surface area contributed by atoms with Crippen LogP contribution in [-0.2, 0) is 52.3 Å². The molecule has 3 N–H and O–H groups in total. The van der Waals surface area contributed by atoms with Gasteiger partial charge >= 0.3 is 17.9 Å².